The highest BCUT2D eigenvalue weighted by Gasteiger charge is 2.50. The summed E-state index contributed by atoms with van der Waals surface area (Å²) in [5, 5.41) is 26.8. The molecule has 1 atom stereocenters. The molecule has 3 aromatic carbocycles. The zero-order valence-corrected chi connectivity index (χ0v) is 40.1. The highest BCUT2D eigenvalue weighted by atomic mass is 32.2. The topological polar surface area (TPSA) is 196 Å². The lowest BCUT2D eigenvalue weighted by Crippen LogP contribution is -2.55. The third kappa shape index (κ3) is 8.91. The molecule has 2 aliphatic heterocycles. The number of pyridine rings is 1. The Kier molecular flexibility index (Phi) is 12.2. The number of aromatic nitrogens is 3. The lowest BCUT2D eigenvalue weighted by Gasteiger charge is -2.56. The zero-order valence-electron chi connectivity index (χ0n) is 38.5. The van der Waals surface area contributed by atoms with Gasteiger partial charge in [0.05, 0.1) is 38.2 Å². The summed E-state index contributed by atoms with van der Waals surface area (Å²) in [7, 11) is -4.85. The molecule has 2 saturated heterocycles. The summed E-state index contributed by atoms with van der Waals surface area (Å²) < 4.78 is 53.5. The van der Waals surface area contributed by atoms with Crippen LogP contribution in [-0.2, 0) is 10.0 Å². The Morgan fingerprint density at radius 2 is 1.82 bits per heavy atom. The Balaban J connectivity index is 0.887. The van der Waals surface area contributed by atoms with Crippen LogP contribution in [0.25, 0.3) is 21.3 Å². The van der Waals surface area contributed by atoms with Crippen LogP contribution in [0.15, 0.2) is 77.4 Å². The summed E-state index contributed by atoms with van der Waals surface area (Å²) in [5.74, 6) is -1.18. The number of aliphatic hydroxyl groups is 1. The van der Waals surface area contributed by atoms with E-state index in [1.165, 1.54) is 35.3 Å². The molecule has 68 heavy (non-hydrogen) atoms. The van der Waals surface area contributed by atoms with Crippen LogP contribution in [0.2, 0.25) is 0 Å². The summed E-state index contributed by atoms with van der Waals surface area (Å²) >= 11 is 1.03. The summed E-state index contributed by atoms with van der Waals surface area (Å²) in [6.07, 6.45) is 12.1. The van der Waals surface area contributed by atoms with Crippen molar-refractivity contribution in [2.45, 2.75) is 113 Å². The predicted octanol–water partition coefficient (Wildman–Crippen LogP) is 10.2. The molecule has 0 unspecified atom stereocenters. The van der Waals surface area contributed by atoms with Crippen molar-refractivity contribution in [3.05, 3.63) is 105 Å². The SMILES string of the molecule is CC(C)c1ccccc1[C@@H]1CCCN1C1CC2(CCN(c3cc(Oc4cnc5[nH]ccc5c4)c(C(=O)NS(=O)(=O)c4cc([N+](=O)[O-])c(NC[C@H]5CC[C@](C)(O)CC5)c5scnc45)cc3F)CC2)C1. The van der Waals surface area contributed by atoms with Gasteiger partial charge in [-0.1, -0.05) is 38.1 Å². The highest BCUT2D eigenvalue weighted by molar-refractivity contribution is 7.90. The molecule has 2 saturated carbocycles. The zero-order chi connectivity index (χ0) is 47.5. The number of nitro benzene ring substituents is 1. The van der Waals surface area contributed by atoms with Gasteiger partial charge in [-0.3, -0.25) is 19.8 Å². The van der Waals surface area contributed by atoms with Crippen molar-refractivity contribution in [1.82, 2.24) is 24.6 Å². The predicted molar refractivity (Wildman–Crippen MR) is 261 cm³/mol. The number of fused-ring (bicyclic) bond motifs is 2. The summed E-state index contributed by atoms with van der Waals surface area (Å²) in [6.45, 7) is 8.97. The van der Waals surface area contributed by atoms with E-state index in [4.69, 9.17) is 4.74 Å². The molecule has 4 aliphatic rings. The van der Waals surface area contributed by atoms with Gasteiger partial charge in [0, 0.05) is 55.4 Å². The molecule has 3 aromatic heterocycles. The molecular formula is C50H57FN8O7S2. The maximum absolute atomic E-state index is 16.5. The van der Waals surface area contributed by atoms with Gasteiger partial charge in [0.15, 0.2) is 0 Å². The molecule has 0 bridgehead atoms. The average Bonchev–Trinajstić information content (AvgIpc) is 4.10. The van der Waals surface area contributed by atoms with E-state index in [1.807, 2.05) is 9.62 Å². The molecule has 1 spiro atoms. The van der Waals surface area contributed by atoms with Crippen LogP contribution in [0.4, 0.5) is 21.5 Å². The molecule has 2 aliphatic carbocycles. The number of hydrogen-bond donors (Lipinski definition) is 4. The van der Waals surface area contributed by atoms with Crippen LogP contribution in [-0.4, -0.2) is 82.0 Å². The van der Waals surface area contributed by atoms with Gasteiger partial charge in [0.2, 0.25) is 0 Å². The Labute approximate surface area is 398 Å². The van der Waals surface area contributed by atoms with Gasteiger partial charge in [-0.2, -0.15) is 0 Å². The first-order valence-corrected chi connectivity index (χ1v) is 26.1. The number of carbonyl (C=O) groups is 1. The minimum atomic E-state index is -4.85. The smallest absolute Gasteiger partial charge is 0.295 e. The number of sulfonamides is 1. The highest BCUT2D eigenvalue weighted by Crippen LogP contribution is 2.54. The average molecular weight is 965 g/mol. The molecule has 6 aromatic rings. The maximum atomic E-state index is 16.5. The number of hydrogen-bond acceptors (Lipinski definition) is 13. The Hall–Kier alpha value is -5.69. The number of nitro groups is 1. The van der Waals surface area contributed by atoms with Gasteiger partial charge >= 0.3 is 0 Å². The van der Waals surface area contributed by atoms with Crippen molar-refractivity contribution >= 4 is 65.6 Å². The first-order chi connectivity index (χ1) is 32.6. The number of benzene rings is 3. The number of carbonyl (C=O) groups excluding carboxylic acids is 1. The van der Waals surface area contributed by atoms with E-state index < -0.39 is 48.4 Å². The van der Waals surface area contributed by atoms with E-state index in [1.54, 1.807) is 25.3 Å². The number of H-pyrrole nitrogens is 1. The van der Waals surface area contributed by atoms with Crippen LogP contribution in [0.1, 0.15) is 118 Å². The second-order valence-corrected chi connectivity index (χ2v) is 22.5. The normalized spacial score (nSPS) is 22.2. The number of amides is 1. The maximum Gasteiger partial charge on any atom is 0.295 e. The van der Waals surface area contributed by atoms with E-state index in [-0.39, 0.29) is 44.4 Å². The number of halogens is 1. The fourth-order valence-electron chi connectivity index (χ4n) is 11.3. The summed E-state index contributed by atoms with van der Waals surface area (Å²) in [6, 6.07) is 16.6. The first kappa shape index (κ1) is 46.1. The first-order valence-electron chi connectivity index (χ1n) is 23.7. The number of nitrogens with zero attached hydrogens (tertiary/aromatic N) is 5. The van der Waals surface area contributed by atoms with Gasteiger partial charge in [-0.15, -0.1) is 11.3 Å². The van der Waals surface area contributed by atoms with Crippen LogP contribution in [0.5, 0.6) is 11.5 Å². The van der Waals surface area contributed by atoms with Crippen LogP contribution >= 0.6 is 11.3 Å². The van der Waals surface area contributed by atoms with Crippen LogP contribution in [0.3, 0.4) is 0 Å². The fourth-order valence-corrected chi connectivity index (χ4v) is 13.4. The van der Waals surface area contributed by atoms with E-state index in [0.29, 0.717) is 56.1 Å². The third-order valence-electron chi connectivity index (χ3n) is 15.2. The van der Waals surface area contributed by atoms with E-state index in [0.717, 1.165) is 80.3 Å². The number of ether oxygens (including phenoxy) is 1. The molecule has 4 N–H and O–H groups in total. The molecule has 15 nitrogen and oxygen atoms in total. The molecule has 1 amide bonds. The number of likely N-dealkylation sites (tertiary alicyclic amines) is 1. The third-order valence-corrected chi connectivity index (χ3v) is 17.3. The second kappa shape index (κ2) is 18.0. The molecular weight excluding hydrogens is 908 g/mol. The molecule has 0 radical (unpaired) electrons. The molecule has 10 rings (SSSR count). The molecule has 358 valence electrons. The molecule has 18 heteroatoms. The van der Waals surface area contributed by atoms with Crippen molar-refractivity contribution < 1.29 is 32.4 Å². The van der Waals surface area contributed by atoms with Crippen molar-refractivity contribution in [2.24, 2.45) is 11.3 Å². The monoisotopic (exact) mass is 964 g/mol. The van der Waals surface area contributed by atoms with Gasteiger partial charge < -0.3 is 25.0 Å². The number of aromatic amines is 1. The van der Waals surface area contributed by atoms with Gasteiger partial charge in [-0.05, 0) is 124 Å². The van der Waals surface area contributed by atoms with Gasteiger partial charge in [0.1, 0.15) is 39.1 Å². The van der Waals surface area contributed by atoms with Gasteiger partial charge in [-0.25, -0.2) is 27.5 Å². The quantitative estimate of drug-likeness (QED) is 0.0633. The van der Waals surface area contributed by atoms with E-state index >= 15 is 4.39 Å². The van der Waals surface area contributed by atoms with Crippen LogP contribution < -0.4 is 19.7 Å². The number of rotatable bonds is 13. The van der Waals surface area contributed by atoms with Gasteiger partial charge in [0.25, 0.3) is 21.6 Å². The van der Waals surface area contributed by atoms with Crippen molar-refractivity contribution in [3.63, 3.8) is 0 Å². The molecule has 4 fully saturated rings. The summed E-state index contributed by atoms with van der Waals surface area (Å²) in [4.78, 5) is 41.9. The van der Waals surface area contributed by atoms with E-state index in [9.17, 15) is 28.4 Å². The lowest BCUT2D eigenvalue weighted by molar-refractivity contribution is -0.384. The Bertz CT molecular complexity index is 3000. The van der Waals surface area contributed by atoms with Crippen molar-refractivity contribution in [3.8, 4) is 11.5 Å². The van der Waals surface area contributed by atoms with Crippen LogP contribution in [0, 0.1) is 27.3 Å². The Morgan fingerprint density at radius 1 is 1.06 bits per heavy atom. The standard InChI is InChI=1S/C50H57FN8O7S2/c1-30(2)35-7-4-5-8-36(35)39-9-6-18-58(39)33-25-50(26-33)15-19-57(20-16-50)40-23-42(66-34-21-32-12-17-52-47(32)54-28-34)37(22-38(40)51)48(60)56-68(64,65)43-24-41(59(62)63)44(46-45(43)55-29-67-46)53-27-31-10-13-49(3,61)14-11-31/h4-5,7-8,12,17,21-24,28-31,33,39,53,61H,6,9-11,13-16,18-20,25-27H2,1-3H3,(H,52,54)(H,56,60)/t31-,39-,49-/m0/s1. The molecule has 5 heterocycles. The number of anilines is 2. The minimum Gasteiger partial charge on any atom is -0.455 e. The number of nitrogens with one attached hydrogen (secondary N) is 3. The second-order valence-electron chi connectivity index (χ2n) is 20.0. The Morgan fingerprint density at radius 3 is 2.57 bits per heavy atom. The number of piperidine rings is 1. The minimum absolute atomic E-state index is 0.0591. The summed E-state index contributed by atoms with van der Waals surface area (Å²) in [5.41, 5.74) is 3.68. The largest absolute Gasteiger partial charge is 0.455 e. The van der Waals surface area contributed by atoms with Crippen molar-refractivity contribution in [2.75, 3.05) is 36.4 Å². The van der Waals surface area contributed by atoms with Crippen molar-refractivity contribution in [1.29, 1.82) is 0 Å². The van der Waals surface area contributed by atoms with E-state index in [2.05, 4.69) is 63.3 Å². The fraction of sp³-hybridized carbons (Fsp3) is 0.460. The number of thiazole rings is 1. The lowest BCUT2D eigenvalue weighted by atomic mass is 9.59.